The van der Waals surface area contributed by atoms with Crippen molar-refractivity contribution < 1.29 is 9.59 Å². The molecule has 6 nitrogen and oxygen atoms in total. The third kappa shape index (κ3) is 2.48. The lowest BCUT2D eigenvalue weighted by atomic mass is 10.1. The molecule has 2 heterocycles. The van der Waals surface area contributed by atoms with Crippen molar-refractivity contribution in [3.63, 3.8) is 0 Å². The molecule has 0 spiro atoms. The minimum absolute atomic E-state index is 0.0241. The smallest absolute Gasteiger partial charge is 0.254 e. The maximum atomic E-state index is 12.7. The van der Waals surface area contributed by atoms with E-state index in [-0.39, 0.29) is 5.91 Å². The fourth-order valence-corrected chi connectivity index (χ4v) is 3.27. The van der Waals surface area contributed by atoms with Crippen molar-refractivity contribution in [2.75, 3.05) is 26.2 Å². The number of fused-ring (bicyclic) bond motifs is 1. The van der Waals surface area contributed by atoms with Crippen LogP contribution in [0.25, 0.3) is 11.0 Å². The maximum absolute atomic E-state index is 12.7. The Balaban J connectivity index is 1.59. The number of aromatic nitrogens is 2. The van der Waals surface area contributed by atoms with E-state index < -0.39 is 0 Å². The van der Waals surface area contributed by atoms with Crippen molar-refractivity contribution in [1.82, 2.24) is 19.4 Å². The van der Waals surface area contributed by atoms with Crippen LogP contribution in [0.15, 0.2) is 18.2 Å². The summed E-state index contributed by atoms with van der Waals surface area (Å²) in [5.41, 5.74) is 2.65. The lowest BCUT2D eigenvalue weighted by molar-refractivity contribution is -0.119. The van der Waals surface area contributed by atoms with Crippen LogP contribution in [-0.4, -0.2) is 57.8 Å². The van der Waals surface area contributed by atoms with Gasteiger partial charge in [-0.3, -0.25) is 9.59 Å². The molecule has 23 heavy (non-hydrogen) atoms. The van der Waals surface area contributed by atoms with E-state index in [4.69, 9.17) is 4.98 Å². The molecule has 6 heteroatoms. The molecule has 2 amide bonds. The van der Waals surface area contributed by atoms with Crippen LogP contribution in [0.3, 0.4) is 0 Å². The van der Waals surface area contributed by atoms with Gasteiger partial charge >= 0.3 is 0 Å². The first-order valence-corrected chi connectivity index (χ1v) is 8.12. The molecule has 120 valence electrons. The van der Waals surface area contributed by atoms with Crippen molar-refractivity contribution in [1.29, 1.82) is 0 Å². The van der Waals surface area contributed by atoms with E-state index >= 15 is 0 Å². The summed E-state index contributed by atoms with van der Waals surface area (Å²) in [6.07, 6.45) is 3.27. The molecule has 2 fully saturated rings. The van der Waals surface area contributed by atoms with Gasteiger partial charge < -0.3 is 14.4 Å². The Morgan fingerprint density at radius 3 is 2.61 bits per heavy atom. The third-order valence-electron chi connectivity index (χ3n) is 4.86. The number of imidazole rings is 1. The minimum Gasteiger partial charge on any atom is -0.342 e. The molecule has 0 N–H and O–H groups in total. The third-order valence-corrected chi connectivity index (χ3v) is 4.86. The van der Waals surface area contributed by atoms with Gasteiger partial charge in [-0.25, -0.2) is 4.98 Å². The first-order valence-electron chi connectivity index (χ1n) is 8.12. The first kappa shape index (κ1) is 14.2. The van der Waals surface area contributed by atoms with Crippen LogP contribution >= 0.6 is 0 Å². The van der Waals surface area contributed by atoms with E-state index in [0.717, 1.165) is 23.3 Å². The van der Waals surface area contributed by atoms with Crippen LogP contribution in [0.1, 0.15) is 34.9 Å². The zero-order valence-corrected chi connectivity index (χ0v) is 13.2. The molecular weight excluding hydrogens is 292 g/mol. The van der Waals surface area contributed by atoms with Gasteiger partial charge in [0.05, 0.1) is 11.0 Å². The molecule has 1 saturated carbocycles. The second kappa shape index (κ2) is 5.37. The lowest BCUT2D eigenvalue weighted by Crippen LogP contribution is -2.48. The number of benzene rings is 1. The molecule has 1 aliphatic carbocycles. The summed E-state index contributed by atoms with van der Waals surface area (Å²) in [5, 5.41) is 0. The molecular formula is C17H20N4O2. The van der Waals surface area contributed by atoms with Crippen molar-refractivity contribution in [2.24, 2.45) is 7.05 Å². The Labute approximate surface area is 134 Å². The van der Waals surface area contributed by atoms with Gasteiger partial charge in [-0.1, -0.05) is 0 Å². The highest BCUT2D eigenvalue weighted by atomic mass is 16.2. The van der Waals surface area contributed by atoms with Gasteiger partial charge in [0.2, 0.25) is 6.41 Å². The van der Waals surface area contributed by atoms with E-state index in [9.17, 15) is 9.59 Å². The Morgan fingerprint density at radius 2 is 1.96 bits per heavy atom. The monoisotopic (exact) mass is 312 g/mol. The highest BCUT2D eigenvalue weighted by Crippen LogP contribution is 2.40. The van der Waals surface area contributed by atoms with E-state index in [0.29, 0.717) is 37.7 Å². The predicted octanol–water partition coefficient (Wildman–Crippen LogP) is 1.36. The van der Waals surface area contributed by atoms with Crippen LogP contribution in [-0.2, 0) is 11.8 Å². The SMILES string of the molecule is Cn1c(C2CC2)nc2cc(C(=O)N3CCN(C=O)CC3)ccc21. The van der Waals surface area contributed by atoms with E-state index in [1.165, 1.54) is 12.8 Å². The van der Waals surface area contributed by atoms with Crippen LogP contribution in [0, 0.1) is 0 Å². The second-order valence-electron chi connectivity index (χ2n) is 6.44. The molecule has 0 bridgehead atoms. The second-order valence-corrected chi connectivity index (χ2v) is 6.44. The Morgan fingerprint density at radius 1 is 1.22 bits per heavy atom. The molecule has 1 aliphatic heterocycles. The molecule has 0 radical (unpaired) electrons. The highest BCUT2D eigenvalue weighted by molar-refractivity contribution is 5.97. The van der Waals surface area contributed by atoms with Gasteiger partial charge in [0.15, 0.2) is 0 Å². The number of rotatable bonds is 3. The number of carbonyl (C=O) groups is 2. The molecule has 2 aliphatic rings. The quantitative estimate of drug-likeness (QED) is 0.804. The Hall–Kier alpha value is -2.37. The van der Waals surface area contributed by atoms with E-state index in [1.807, 2.05) is 30.1 Å². The van der Waals surface area contributed by atoms with Gasteiger partial charge in [-0.05, 0) is 31.0 Å². The largest absolute Gasteiger partial charge is 0.342 e. The van der Waals surface area contributed by atoms with Crippen molar-refractivity contribution in [2.45, 2.75) is 18.8 Å². The summed E-state index contributed by atoms with van der Waals surface area (Å²) in [6, 6.07) is 5.77. The molecule has 4 rings (SSSR count). The number of carbonyl (C=O) groups excluding carboxylic acids is 2. The fourth-order valence-electron chi connectivity index (χ4n) is 3.27. The number of hydrogen-bond donors (Lipinski definition) is 0. The summed E-state index contributed by atoms with van der Waals surface area (Å²) in [5.74, 6) is 1.74. The molecule has 1 aromatic heterocycles. The van der Waals surface area contributed by atoms with Gasteiger partial charge in [-0.15, -0.1) is 0 Å². The normalized spacial score (nSPS) is 18.5. The molecule has 0 atom stereocenters. The van der Waals surface area contributed by atoms with Crippen molar-refractivity contribution in [3.05, 3.63) is 29.6 Å². The summed E-state index contributed by atoms with van der Waals surface area (Å²) in [7, 11) is 2.04. The summed E-state index contributed by atoms with van der Waals surface area (Å²) >= 11 is 0. The summed E-state index contributed by atoms with van der Waals surface area (Å²) in [4.78, 5) is 31.7. The topological polar surface area (TPSA) is 58.4 Å². The predicted molar refractivity (Wildman–Crippen MR) is 86.2 cm³/mol. The van der Waals surface area contributed by atoms with E-state index in [2.05, 4.69) is 4.57 Å². The average molecular weight is 312 g/mol. The molecule has 2 aromatic rings. The van der Waals surface area contributed by atoms with Gasteiger partial charge in [0.1, 0.15) is 5.82 Å². The average Bonchev–Trinajstić information content (AvgIpc) is 3.38. The van der Waals surface area contributed by atoms with Gasteiger partial charge in [0, 0.05) is 44.7 Å². The van der Waals surface area contributed by atoms with Crippen LogP contribution < -0.4 is 0 Å². The standard InChI is InChI=1S/C17H20N4O2/c1-19-15-5-4-13(10-14(15)18-16(19)12-2-3-12)17(23)21-8-6-20(11-22)7-9-21/h4-5,10-12H,2-3,6-9H2,1H3. The van der Waals surface area contributed by atoms with Gasteiger partial charge in [-0.2, -0.15) is 0 Å². The number of nitrogens with zero attached hydrogens (tertiary/aromatic N) is 4. The lowest BCUT2D eigenvalue weighted by Gasteiger charge is -2.32. The number of hydrogen-bond acceptors (Lipinski definition) is 3. The van der Waals surface area contributed by atoms with Crippen LogP contribution in [0.2, 0.25) is 0 Å². The first-order chi connectivity index (χ1) is 11.2. The molecule has 1 aromatic carbocycles. The number of piperazine rings is 1. The summed E-state index contributed by atoms with van der Waals surface area (Å²) < 4.78 is 2.14. The van der Waals surface area contributed by atoms with Crippen molar-refractivity contribution >= 4 is 23.4 Å². The Kier molecular flexibility index (Phi) is 3.32. The number of aryl methyl sites for hydroxylation is 1. The Bertz CT molecular complexity index is 770. The minimum atomic E-state index is 0.0241. The van der Waals surface area contributed by atoms with Crippen molar-refractivity contribution in [3.8, 4) is 0 Å². The van der Waals surface area contributed by atoms with E-state index in [1.54, 1.807) is 4.90 Å². The van der Waals surface area contributed by atoms with Crippen LogP contribution in [0.4, 0.5) is 0 Å². The molecule has 0 unspecified atom stereocenters. The van der Waals surface area contributed by atoms with Crippen LogP contribution in [0.5, 0.6) is 0 Å². The van der Waals surface area contributed by atoms with Gasteiger partial charge in [0.25, 0.3) is 5.91 Å². The maximum Gasteiger partial charge on any atom is 0.254 e. The zero-order valence-electron chi connectivity index (χ0n) is 13.2. The summed E-state index contributed by atoms with van der Waals surface area (Å²) in [6.45, 7) is 2.39. The molecule has 1 saturated heterocycles. The number of amides is 2. The highest BCUT2D eigenvalue weighted by Gasteiger charge is 2.29. The fraction of sp³-hybridized carbons (Fsp3) is 0.471. The zero-order chi connectivity index (χ0) is 16.0.